The highest BCUT2D eigenvalue weighted by Crippen LogP contribution is 2.17. The average Bonchev–Trinajstić information content (AvgIpc) is 2.93. The van der Waals surface area contributed by atoms with Crippen LogP contribution < -0.4 is 5.73 Å². The molecule has 1 saturated heterocycles. The predicted molar refractivity (Wildman–Crippen MR) is 73.2 cm³/mol. The molecule has 1 heterocycles. The van der Waals surface area contributed by atoms with E-state index >= 15 is 0 Å². The minimum absolute atomic E-state index is 0.141. The number of carbonyl (C=O) groups is 1. The fourth-order valence-electron chi connectivity index (χ4n) is 2.59. The fourth-order valence-corrected chi connectivity index (χ4v) is 2.59. The van der Waals surface area contributed by atoms with Gasteiger partial charge in [0, 0.05) is 19.6 Å². The second-order valence-electron chi connectivity index (χ2n) is 5.25. The number of aryl methyl sites for hydroxylation is 1. The molecule has 1 aromatic carbocycles. The van der Waals surface area contributed by atoms with E-state index in [1.165, 1.54) is 6.07 Å². The maximum atomic E-state index is 13.2. The molecule has 1 aliphatic heterocycles. The molecule has 1 atom stereocenters. The Morgan fingerprint density at radius 2 is 2.11 bits per heavy atom. The van der Waals surface area contributed by atoms with E-state index in [0.29, 0.717) is 18.5 Å². The zero-order chi connectivity index (χ0) is 13.8. The Morgan fingerprint density at radius 1 is 1.42 bits per heavy atom. The van der Waals surface area contributed by atoms with Crippen LogP contribution in [0.1, 0.15) is 24.0 Å². The molecular formula is C15H21FN2O. The van der Waals surface area contributed by atoms with Gasteiger partial charge in [-0.3, -0.25) is 4.79 Å². The molecular weight excluding hydrogens is 243 g/mol. The predicted octanol–water partition coefficient (Wildman–Crippen LogP) is 1.87. The van der Waals surface area contributed by atoms with Crippen molar-refractivity contribution in [2.75, 3.05) is 19.6 Å². The topological polar surface area (TPSA) is 46.3 Å². The van der Waals surface area contributed by atoms with Crippen LogP contribution in [0.15, 0.2) is 18.2 Å². The number of hydrogen-bond acceptors (Lipinski definition) is 2. The molecule has 2 N–H and O–H groups in total. The van der Waals surface area contributed by atoms with Gasteiger partial charge in [0.15, 0.2) is 0 Å². The number of carbonyl (C=O) groups excluding carboxylic acids is 1. The summed E-state index contributed by atoms with van der Waals surface area (Å²) in [5.74, 6) is -0.260. The largest absolute Gasteiger partial charge is 0.342 e. The van der Waals surface area contributed by atoms with Crippen LogP contribution in [-0.4, -0.2) is 30.4 Å². The van der Waals surface area contributed by atoms with E-state index in [-0.39, 0.29) is 17.6 Å². The lowest BCUT2D eigenvalue weighted by Gasteiger charge is -2.22. The summed E-state index contributed by atoms with van der Waals surface area (Å²) in [6.07, 6.45) is 2.75. The molecule has 1 amide bonds. The van der Waals surface area contributed by atoms with Gasteiger partial charge in [-0.2, -0.15) is 0 Å². The number of benzene rings is 1. The number of likely N-dealkylation sites (tertiary alicyclic amines) is 1. The van der Waals surface area contributed by atoms with Crippen LogP contribution in [0.5, 0.6) is 0 Å². The lowest BCUT2D eigenvalue weighted by molar-refractivity contribution is -0.134. The van der Waals surface area contributed by atoms with Crippen molar-refractivity contribution >= 4 is 5.91 Å². The van der Waals surface area contributed by atoms with Gasteiger partial charge in [0.2, 0.25) is 5.91 Å². The second-order valence-corrected chi connectivity index (χ2v) is 5.25. The van der Waals surface area contributed by atoms with Crippen molar-refractivity contribution in [2.24, 2.45) is 11.7 Å². The summed E-state index contributed by atoms with van der Waals surface area (Å²) in [6, 6.07) is 5.00. The van der Waals surface area contributed by atoms with E-state index in [0.717, 1.165) is 31.5 Å². The Morgan fingerprint density at radius 3 is 2.68 bits per heavy atom. The maximum absolute atomic E-state index is 13.2. The highest BCUT2D eigenvalue weighted by Gasteiger charge is 2.25. The third-order valence-corrected chi connectivity index (χ3v) is 3.76. The normalized spacial score (nSPS) is 16.7. The molecule has 104 valence electrons. The highest BCUT2D eigenvalue weighted by molar-refractivity contribution is 5.79. The monoisotopic (exact) mass is 264 g/mol. The summed E-state index contributed by atoms with van der Waals surface area (Å²) in [7, 11) is 0. The van der Waals surface area contributed by atoms with Crippen LogP contribution >= 0.6 is 0 Å². The molecule has 4 heteroatoms. The smallest absolute Gasteiger partial charge is 0.227 e. The van der Waals surface area contributed by atoms with Crippen LogP contribution in [0, 0.1) is 18.7 Å². The molecule has 0 spiro atoms. The zero-order valence-corrected chi connectivity index (χ0v) is 11.4. The van der Waals surface area contributed by atoms with Gasteiger partial charge in [-0.25, -0.2) is 4.39 Å². The molecule has 0 aromatic heterocycles. The highest BCUT2D eigenvalue weighted by atomic mass is 19.1. The quantitative estimate of drug-likeness (QED) is 0.902. The first-order chi connectivity index (χ1) is 9.11. The van der Waals surface area contributed by atoms with Gasteiger partial charge in [-0.05, 0) is 43.4 Å². The van der Waals surface area contributed by atoms with Gasteiger partial charge in [0.1, 0.15) is 5.82 Å². The third kappa shape index (κ3) is 3.32. The number of halogens is 1. The van der Waals surface area contributed by atoms with Gasteiger partial charge in [0.25, 0.3) is 0 Å². The summed E-state index contributed by atoms with van der Waals surface area (Å²) in [5, 5.41) is 0. The summed E-state index contributed by atoms with van der Waals surface area (Å²) in [4.78, 5) is 14.2. The van der Waals surface area contributed by atoms with Crippen LogP contribution in [0.25, 0.3) is 0 Å². The van der Waals surface area contributed by atoms with E-state index in [1.54, 1.807) is 19.1 Å². The van der Waals surface area contributed by atoms with Gasteiger partial charge in [0.05, 0.1) is 5.92 Å². The number of rotatable bonds is 4. The second kappa shape index (κ2) is 6.15. The Labute approximate surface area is 113 Å². The first kappa shape index (κ1) is 14.0. The number of amides is 1. The Hall–Kier alpha value is -1.42. The summed E-state index contributed by atoms with van der Waals surface area (Å²) < 4.78 is 13.2. The van der Waals surface area contributed by atoms with E-state index in [9.17, 15) is 9.18 Å². The van der Waals surface area contributed by atoms with Crippen LogP contribution in [0.4, 0.5) is 4.39 Å². The first-order valence-corrected chi connectivity index (χ1v) is 6.85. The first-order valence-electron chi connectivity index (χ1n) is 6.85. The van der Waals surface area contributed by atoms with Gasteiger partial charge in [-0.15, -0.1) is 0 Å². The van der Waals surface area contributed by atoms with Crippen LogP contribution in [-0.2, 0) is 11.2 Å². The van der Waals surface area contributed by atoms with Gasteiger partial charge in [-0.1, -0.05) is 12.1 Å². The van der Waals surface area contributed by atoms with Gasteiger partial charge < -0.3 is 10.6 Å². The van der Waals surface area contributed by atoms with Gasteiger partial charge >= 0.3 is 0 Å². The molecule has 0 saturated carbocycles. The fraction of sp³-hybridized carbons (Fsp3) is 0.533. The van der Waals surface area contributed by atoms with Crippen LogP contribution in [0.2, 0.25) is 0 Å². The van der Waals surface area contributed by atoms with Crippen LogP contribution in [0.3, 0.4) is 0 Å². The number of nitrogens with two attached hydrogens (primary N) is 1. The van der Waals surface area contributed by atoms with Crippen molar-refractivity contribution in [3.8, 4) is 0 Å². The maximum Gasteiger partial charge on any atom is 0.227 e. The molecule has 1 aromatic rings. The molecule has 0 bridgehead atoms. The Balaban J connectivity index is 2.05. The average molecular weight is 264 g/mol. The van der Waals surface area contributed by atoms with E-state index in [2.05, 4.69) is 0 Å². The van der Waals surface area contributed by atoms with Crippen molar-refractivity contribution in [3.63, 3.8) is 0 Å². The Kier molecular flexibility index (Phi) is 4.53. The lowest BCUT2D eigenvalue weighted by atomic mass is 9.97. The number of hydrogen-bond donors (Lipinski definition) is 1. The SMILES string of the molecule is Cc1cc(CC(CN)C(=O)N2CCCC2)ccc1F. The molecule has 2 rings (SSSR count). The molecule has 1 unspecified atom stereocenters. The standard InChI is InChI=1S/C15H21FN2O/c1-11-8-12(4-5-14(11)16)9-13(10-17)15(19)18-6-2-3-7-18/h4-5,8,13H,2-3,6-7,9-10,17H2,1H3. The summed E-state index contributed by atoms with van der Waals surface area (Å²) >= 11 is 0. The minimum Gasteiger partial charge on any atom is -0.342 e. The van der Waals surface area contributed by atoms with Crippen molar-refractivity contribution < 1.29 is 9.18 Å². The summed E-state index contributed by atoms with van der Waals surface area (Å²) in [5.41, 5.74) is 7.32. The van der Waals surface area contributed by atoms with Crippen molar-refractivity contribution in [1.29, 1.82) is 0 Å². The molecule has 3 nitrogen and oxygen atoms in total. The van der Waals surface area contributed by atoms with Crippen molar-refractivity contribution in [2.45, 2.75) is 26.2 Å². The molecule has 1 fully saturated rings. The number of nitrogens with zero attached hydrogens (tertiary/aromatic N) is 1. The molecule has 1 aliphatic rings. The van der Waals surface area contributed by atoms with Crippen molar-refractivity contribution in [1.82, 2.24) is 4.90 Å². The summed E-state index contributed by atoms with van der Waals surface area (Å²) in [6.45, 7) is 3.76. The van der Waals surface area contributed by atoms with E-state index in [1.807, 2.05) is 4.90 Å². The lowest BCUT2D eigenvalue weighted by Crippen LogP contribution is -2.38. The zero-order valence-electron chi connectivity index (χ0n) is 11.4. The Bertz CT molecular complexity index is 455. The molecule has 19 heavy (non-hydrogen) atoms. The third-order valence-electron chi connectivity index (χ3n) is 3.76. The van der Waals surface area contributed by atoms with Crippen molar-refractivity contribution in [3.05, 3.63) is 35.1 Å². The minimum atomic E-state index is -0.209. The molecule has 0 radical (unpaired) electrons. The van der Waals surface area contributed by atoms with E-state index < -0.39 is 0 Å². The molecule has 0 aliphatic carbocycles. The van der Waals surface area contributed by atoms with E-state index in [4.69, 9.17) is 5.73 Å².